The van der Waals surface area contributed by atoms with Crippen LogP contribution in [0.3, 0.4) is 0 Å². The van der Waals surface area contributed by atoms with Gasteiger partial charge in [-0.25, -0.2) is 0 Å². The topological polar surface area (TPSA) is 43.4 Å². The van der Waals surface area contributed by atoms with Crippen molar-refractivity contribution in [3.63, 3.8) is 0 Å². The first kappa shape index (κ1) is 15.4. The third kappa shape index (κ3) is 3.39. The number of nitrogens with one attached hydrogen (secondary N) is 1. The number of ether oxygens (including phenoxy) is 2. The molecule has 0 saturated carbocycles. The van der Waals surface area contributed by atoms with E-state index in [2.05, 4.69) is 17.2 Å². The summed E-state index contributed by atoms with van der Waals surface area (Å²) in [5, 5.41) is 3.99. The number of anilines is 1. The van der Waals surface area contributed by atoms with Crippen LogP contribution in [0.15, 0.2) is 30.6 Å². The maximum absolute atomic E-state index is 6.13. The highest BCUT2D eigenvalue weighted by molar-refractivity contribution is 6.33. The average Bonchev–Trinajstić information content (AvgIpc) is 2.49. The molecule has 1 heterocycles. The van der Waals surface area contributed by atoms with Crippen molar-refractivity contribution in [2.75, 3.05) is 19.5 Å². The maximum atomic E-state index is 6.13. The summed E-state index contributed by atoms with van der Waals surface area (Å²) in [4.78, 5) is 3.98. The van der Waals surface area contributed by atoms with Crippen molar-refractivity contribution >= 4 is 17.3 Å². The fourth-order valence-electron chi connectivity index (χ4n) is 2.27. The molecular formula is C16H19ClN2O2. The van der Waals surface area contributed by atoms with Gasteiger partial charge in [0.1, 0.15) is 0 Å². The lowest BCUT2D eigenvalue weighted by Crippen LogP contribution is -2.09. The van der Waals surface area contributed by atoms with E-state index in [4.69, 9.17) is 21.1 Å². The minimum atomic E-state index is 0.0738. The molecule has 21 heavy (non-hydrogen) atoms. The van der Waals surface area contributed by atoms with Crippen molar-refractivity contribution in [1.29, 1.82) is 0 Å². The van der Waals surface area contributed by atoms with Crippen molar-refractivity contribution in [3.8, 4) is 11.5 Å². The molecule has 0 amide bonds. The molecule has 0 aliphatic carbocycles. The van der Waals surface area contributed by atoms with E-state index in [0.717, 1.165) is 22.6 Å². The van der Waals surface area contributed by atoms with Crippen LogP contribution in [0.1, 0.15) is 24.1 Å². The van der Waals surface area contributed by atoms with Gasteiger partial charge in [0.05, 0.1) is 24.9 Å². The Labute approximate surface area is 130 Å². The molecule has 0 saturated heterocycles. The summed E-state index contributed by atoms with van der Waals surface area (Å²) < 4.78 is 10.7. The molecule has 1 N–H and O–H groups in total. The van der Waals surface area contributed by atoms with E-state index in [1.807, 2.05) is 25.1 Å². The molecule has 1 aromatic carbocycles. The summed E-state index contributed by atoms with van der Waals surface area (Å²) in [6.07, 6.45) is 3.33. The minimum Gasteiger partial charge on any atom is -0.493 e. The number of halogens is 1. The van der Waals surface area contributed by atoms with Crippen LogP contribution in [0.5, 0.6) is 11.5 Å². The van der Waals surface area contributed by atoms with Crippen molar-refractivity contribution in [1.82, 2.24) is 4.98 Å². The van der Waals surface area contributed by atoms with Gasteiger partial charge in [0.2, 0.25) is 0 Å². The van der Waals surface area contributed by atoms with Crippen LogP contribution in [0.4, 0.5) is 5.69 Å². The number of methoxy groups -OCH3 is 2. The molecule has 5 heteroatoms. The number of aromatic nitrogens is 1. The number of hydrogen-bond donors (Lipinski definition) is 1. The fraction of sp³-hybridized carbons (Fsp3) is 0.312. The Bertz CT molecular complexity index is 632. The summed E-state index contributed by atoms with van der Waals surface area (Å²) in [5.74, 6) is 1.44. The molecule has 0 bridgehead atoms. The first-order chi connectivity index (χ1) is 10.1. The van der Waals surface area contributed by atoms with Gasteiger partial charge in [-0.15, -0.1) is 0 Å². The molecule has 1 atom stereocenters. The molecule has 1 aromatic heterocycles. The molecule has 2 aromatic rings. The summed E-state index contributed by atoms with van der Waals surface area (Å²) in [6.45, 7) is 4.12. The Morgan fingerprint density at radius 2 is 1.86 bits per heavy atom. The summed E-state index contributed by atoms with van der Waals surface area (Å²) in [6, 6.07) is 5.89. The zero-order valence-corrected chi connectivity index (χ0v) is 13.4. The highest BCUT2D eigenvalue weighted by atomic mass is 35.5. The molecule has 0 unspecified atom stereocenters. The van der Waals surface area contributed by atoms with Crippen molar-refractivity contribution in [2.45, 2.75) is 19.9 Å². The number of benzene rings is 1. The maximum Gasteiger partial charge on any atom is 0.161 e. The second kappa shape index (κ2) is 6.68. The number of rotatable bonds is 5. The Kier molecular flexibility index (Phi) is 4.91. The average molecular weight is 307 g/mol. The van der Waals surface area contributed by atoms with Gasteiger partial charge < -0.3 is 14.8 Å². The van der Waals surface area contributed by atoms with Gasteiger partial charge in [0, 0.05) is 18.4 Å². The SMILES string of the molecule is COc1cc(C)c([C@@H](C)Nc2ccncc2Cl)cc1OC. The summed E-state index contributed by atoms with van der Waals surface area (Å²) in [5.41, 5.74) is 3.10. The van der Waals surface area contributed by atoms with Crippen LogP contribution in [0.25, 0.3) is 0 Å². The quantitative estimate of drug-likeness (QED) is 0.897. The fourth-order valence-corrected chi connectivity index (χ4v) is 2.44. The largest absolute Gasteiger partial charge is 0.493 e. The van der Waals surface area contributed by atoms with E-state index < -0.39 is 0 Å². The van der Waals surface area contributed by atoms with Crippen LogP contribution in [-0.4, -0.2) is 19.2 Å². The molecule has 0 spiro atoms. The van der Waals surface area contributed by atoms with Crippen LogP contribution in [0.2, 0.25) is 5.02 Å². The van der Waals surface area contributed by atoms with E-state index in [-0.39, 0.29) is 6.04 Å². The lowest BCUT2D eigenvalue weighted by molar-refractivity contribution is 0.354. The highest BCUT2D eigenvalue weighted by Gasteiger charge is 2.14. The first-order valence-corrected chi connectivity index (χ1v) is 7.03. The normalized spacial score (nSPS) is 11.9. The van der Waals surface area contributed by atoms with E-state index in [9.17, 15) is 0 Å². The van der Waals surface area contributed by atoms with Gasteiger partial charge in [-0.05, 0) is 43.2 Å². The Morgan fingerprint density at radius 1 is 1.19 bits per heavy atom. The zero-order chi connectivity index (χ0) is 15.4. The lowest BCUT2D eigenvalue weighted by Gasteiger charge is -2.20. The third-order valence-electron chi connectivity index (χ3n) is 3.38. The number of pyridine rings is 1. The Balaban J connectivity index is 2.31. The predicted octanol–water partition coefficient (Wildman–Crippen LogP) is 4.23. The first-order valence-electron chi connectivity index (χ1n) is 6.65. The second-order valence-corrected chi connectivity index (χ2v) is 5.19. The monoisotopic (exact) mass is 306 g/mol. The molecule has 0 radical (unpaired) electrons. The predicted molar refractivity (Wildman–Crippen MR) is 85.6 cm³/mol. The molecular weight excluding hydrogens is 288 g/mol. The van der Waals surface area contributed by atoms with E-state index in [0.29, 0.717) is 10.8 Å². The molecule has 2 rings (SSSR count). The summed E-state index contributed by atoms with van der Waals surface area (Å²) >= 11 is 6.13. The Hall–Kier alpha value is -1.94. The van der Waals surface area contributed by atoms with Crippen LogP contribution < -0.4 is 14.8 Å². The smallest absolute Gasteiger partial charge is 0.161 e. The van der Waals surface area contributed by atoms with E-state index >= 15 is 0 Å². The van der Waals surface area contributed by atoms with Gasteiger partial charge in [-0.1, -0.05) is 11.6 Å². The van der Waals surface area contributed by atoms with E-state index in [1.165, 1.54) is 0 Å². The number of aryl methyl sites for hydroxylation is 1. The molecule has 0 fully saturated rings. The van der Waals surface area contributed by atoms with Gasteiger partial charge >= 0.3 is 0 Å². The lowest BCUT2D eigenvalue weighted by atomic mass is 10.0. The van der Waals surface area contributed by atoms with Crippen molar-refractivity contribution in [2.24, 2.45) is 0 Å². The van der Waals surface area contributed by atoms with E-state index in [1.54, 1.807) is 26.6 Å². The van der Waals surface area contributed by atoms with Crippen molar-refractivity contribution < 1.29 is 9.47 Å². The molecule has 0 aliphatic heterocycles. The minimum absolute atomic E-state index is 0.0738. The Morgan fingerprint density at radius 3 is 2.48 bits per heavy atom. The number of hydrogen-bond acceptors (Lipinski definition) is 4. The van der Waals surface area contributed by atoms with Crippen LogP contribution >= 0.6 is 11.6 Å². The molecule has 112 valence electrons. The molecule has 4 nitrogen and oxygen atoms in total. The van der Waals surface area contributed by atoms with Gasteiger partial charge in [-0.2, -0.15) is 0 Å². The van der Waals surface area contributed by atoms with Crippen LogP contribution in [-0.2, 0) is 0 Å². The van der Waals surface area contributed by atoms with Crippen LogP contribution in [0, 0.1) is 6.92 Å². The zero-order valence-electron chi connectivity index (χ0n) is 12.6. The standard InChI is InChI=1S/C16H19ClN2O2/c1-10-7-15(20-3)16(21-4)8-12(10)11(2)19-14-5-6-18-9-13(14)17/h5-9,11H,1-4H3,(H,18,19)/t11-/m1/s1. The highest BCUT2D eigenvalue weighted by Crippen LogP contribution is 2.34. The second-order valence-electron chi connectivity index (χ2n) is 4.79. The van der Waals surface area contributed by atoms with Gasteiger partial charge in [0.25, 0.3) is 0 Å². The van der Waals surface area contributed by atoms with Gasteiger partial charge in [-0.3, -0.25) is 4.98 Å². The third-order valence-corrected chi connectivity index (χ3v) is 3.68. The van der Waals surface area contributed by atoms with Gasteiger partial charge in [0.15, 0.2) is 11.5 Å². The van der Waals surface area contributed by atoms with Crippen molar-refractivity contribution in [3.05, 3.63) is 46.7 Å². The summed E-state index contributed by atoms with van der Waals surface area (Å²) in [7, 11) is 3.27. The molecule has 0 aliphatic rings. The number of nitrogens with zero attached hydrogens (tertiary/aromatic N) is 1.